The van der Waals surface area contributed by atoms with Gasteiger partial charge in [-0.05, 0) is 25.8 Å². The van der Waals surface area contributed by atoms with Crippen molar-refractivity contribution in [2.75, 3.05) is 18.8 Å². The van der Waals surface area contributed by atoms with Crippen LogP contribution in [0, 0.1) is 22.7 Å². The average Bonchev–Trinajstić information content (AvgIpc) is 2.83. The van der Waals surface area contributed by atoms with Gasteiger partial charge in [-0.3, -0.25) is 10.5 Å². The minimum atomic E-state index is -0.316. The highest BCUT2D eigenvalue weighted by molar-refractivity contribution is 8.00. The zero-order chi connectivity index (χ0) is 16.8. The van der Waals surface area contributed by atoms with E-state index in [-0.39, 0.29) is 22.5 Å². The molecule has 1 atom stereocenters. The lowest BCUT2D eigenvalue weighted by Crippen LogP contribution is -2.37. The van der Waals surface area contributed by atoms with Gasteiger partial charge in [0, 0.05) is 13.1 Å². The monoisotopic (exact) mass is 330 g/mol. The number of hydrogen-bond acceptors (Lipinski definition) is 5. The van der Waals surface area contributed by atoms with Crippen molar-refractivity contribution < 1.29 is 9.78 Å². The molecule has 0 saturated carbocycles. The molecule has 1 aromatic heterocycles. The van der Waals surface area contributed by atoms with Gasteiger partial charge < -0.3 is 4.90 Å². The topological polar surface area (TPSA) is 108 Å². The first-order valence-corrected chi connectivity index (χ1v) is 8.56. The average molecular weight is 330 g/mol. The number of nitrogens with one attached hydrogen (secondary N) is 1. The molecule has 0 unspecified atom stereocenters. The minimum Gasteiger partial charge on any atom is -0.342 e. The molecule has 1 aliphatic rings. The molecule has 0 bridgehead atoms. The summed E-state index contributed by atoms with van der Waals surface area (Å²) < 4.78 is 0. The standard InChI is InChI=1S/C16H19N5OS/c1-11(16(22)21-6-4-2-3-5-7-21)23-15-13(10-18)8-12(9-17)14(19)20-15/h8,11H,2-7H2,1H3,(H2,19,20)/p+1/t11-/m0/s1. The summed E-state index contributed by atoms with van der Waals surface area (Å²) in [6.45, 7) is 3.43. The molecule has 1 amide bonds. The molecule has 3 N–H and O–H groups in total. The van der Waals surface area contributed by atoms with Crippen LogP contribution in [0.3, 0.4) is 0 Å². The SMILES string of the molecule is C[C@H](Sc1[nH+]c(N)c(C#N)cc1C#N)C(=O)N1CCCCCC1. The van der Waals surface area contributed by atoms with Crippen LogP contribution >= 0.6 is 11.8 Å². The summed E-state index contributed by atoms with van der Waals surface area (Å²) in [7, 11) is 0. The van der Waals surface area contributed by atoms with Crippen LogP contribution in [-0.4, -0.2) is 29.1 Å². The molecule has 1 aromatic rings. The molecule has 120 valence electrons. The van der Waals surface area contributed by atoms with Crippen LogP contribution in [-0.2, 0) is 4.79 Å². The normalized spacial score (nSPS) is 16.0. The molecule has 2 heterocycles. The van der Waals surface area contributed by atoms with E-state index in [1.807, 2.05) is 24.0 Å². The Morgan fingerprint density at radius 1 is 1.26 bits per heavy atom. The second-order valence-electron chi connectivity index (χ2n) is 5.56. The molecule has 23 heavy (non-hydrogen) atoms. The summed E-state index contributed by atoms with van der Waals surface area (Å²) in [5, 5.41) is 18.4. The van der Waals surface area contributed by atoms with Gasteiger partial charge in [0.15, 0.2) is 5.03 Å². The van der Waals surface area contributed by atoms with E-state index in [1.54, 1.807) is 0 Å². The number of rotatable bonds is 3. The maximum Gasteiger partial charge on any atom is 0.289 e. The van der Waals surface area contributed by atoms with E-state index >= 15 is 0 Å². The van der Waals surface area contributed by atoms with Crippen molar-refractivity contribution >= 4 is 23.5 Å². The predicted octanol–water partition coefficient (Wildman–Crippen LogP) is 1.71. The van der Waals surface area contributed by atoms with Gasteiger partial charge in [-0.2, -0.15) is 10.5 Å². The first-order chi connectivity index (χ1) is 11.1. The number of aromatic nitrogens is 1. The van der Waals surface area contributed by atoms with Crippen LogP contribution in [0.5, 0.6) is 0 Å². The number of nitriles is 2. The second kappa shape index (κ2) is 7.85. The van der Waals surface area contributed by atoms with Crippen LogP contribution in [0.15, 0.2) is 11.1 Å². The Labute approximate surface area is 140 Å². The smallest absolute Gasteiger partial charge is 0.289 e. The van der Waals surface area contributed by atoms with Gasteiger partial charge >= 0.3 is 0 Å². The molecule has 6 nitrogen and oxygen atoms in total. The molecular formula is C16H20N5OS+. The summed E-state index contributed by atoms with van der Waals surface area (Å²) in [5.74, 6) is 0.292. The molecule has 1 aliphatic heterocycles. The summed E-state index contributed by atoms with van der Waals surface area (Å²) in [5.41, 5.74) is 6.34. The molecule has 0 radical (unpaired) electrons. The van der Waals surface area contributed by atoms with E-state index in [4.69, 9.17) is 11.0 Å². The number of nitrogens with two attached hydrogens (primary N) is 1. The van der Waals surface area contributed by atoms with Crippen molar-refractivity contribution in [1.82, 2.24) is 4.90 Å². The molecule has 1 fully saturated rings. The van der Waals surface area contributed by atoms with Crippen LogP contribution in [0.1, 0.15) is 43.7 Å². The van der Waals surface area contributed by atoms with Gasteiger partial charge in [0.25, 0.3) is 5.82 Å². The highest BCUT2D eigenvalue weighted by Gasteiger charge is 2.25. The number of hydrogen-bond donors (Lipinski definition) is 1. The number of thioether (sulfide) groups is 1. The van der Waals surface area contributed by atoms with Crippen molar-refractivity contribution in [3.63, 3.8) is 0 Å². The maximum atomic E-state index is 12.6. The number of nitrogen functional groups attached to an aromatic ring is 1. The van der Waals surface area contributed by atoms with Crippen LogP contribution < -0.4 is 10.7 Å². The maximum absolute atomic E-state index is 12.6. The lowest BCUT2D eigenvalue weighted by atomic mass is 10.2. The van der Waals surface area contributed by atoms with E-state index in [0.29, 0.717) is 10.6 Å². The van der Waals surface area contributed by atoms with Crippen molar-refractivity contribution in [3.05, 3.63) is 17.2 Å². The Hall–Kier alpha value is -2.25. The first kappa shape index (κ1) is 17.1. The highest BCUT2D eigenvalue weighted by atomic mass is 32.2. The molecule has 7 heteroatoms. The quantitative estimate of drug-likeness (QED) is 0.849. The van der Waals surface area contributed by atoms with E-state index in [0.717, 1.165) is 25.9 Å². The van der Waals surface area contributed by atoms with Gasteiger partial charge in [0.05, 0.1) is 5.25 Å². The fourth-order valence-corrected chi connectivity index (χ4v) is 3.59. The van der Waals surface area contributed by atoms with Gasteiger partial charge in [-0.25, -0.2) is 4.98 Å². The van der Waals surface area contributed by atoms with Gasteiger partial charge in [-0.15, -0.1) is 0 Å². The van der Waals surface area contributed by atoms with Crippen LogP contribution in [0.2, 0.25) is 0 Å². The molecule has 1 saturated heterocycles. The number of carbonyl (C=O) groups is 1. The largest absolute Gasteiger partial charge is 0.342 e. The predicted molar refractivity (Wildman–Crippen MR) is 87.2 cm³/mol. The van der Waals surface area contributed by atoms with E-state index in [9.17, 15) is 10.1 Å². The molecule has 0 aliphatic carbocycles. The Morgan fingerprint density at radius 2 is 1.87 bits per heavy atom. The van der Waals surface area contributed by atoms with Crippen molar-refractivity contribution in [2.24, 2.45) is 0 Å². The lowest BCUT2D eigenvalue weighted by Gasteiger charge is -2.23. The number of aromatic amines is 1. The van der Waals surface area contributed by atoms with Gasteiger partial charge in [-0.1, -0.05) is 24.6 Å². The van der Waals surface area contributed by atoms with Crippen molar-refractivity contribution in [1.29, 1.82) is 10.5 Å². The van der Waals surface area contributed by atoms with Crippen LogP contribution in [0.4, 0.5) is 5.82 Å². The third kappa shape index (κ3) is 4.14. The summed E-state index contributed by atoms with van der Waals surface area (Å²) in [6.07, 6.45) is 4.43. The van der Waals surface area contributed by atoms with E-state index in [1.165, 1.54) is 30.7 Å². The minimum absolute atomic E-state index is 0.0807. The molecule has 2 rings (SSSR count). The fraction of sp³-hybridized carbons (Fsp3) is 0.500. The summed E-state index contributed by atoms with van der Waals surface area (Å²) in [6, 6.07) is 5.44. The number of pyridine rings is 1. The number of H-pyrrole nitrogens is 1. The fourth-order valence-electron chi connectivity index (χ4n) is 2.59. The Balaban J connectivity index is 2.15. The van der Waals surface area contributed by atoms with Crippen molar-refractivity contribution in [2.45, 2.75) is 42.9 Å². The molecular weight excluding hydrogens is 310 g/mol. The number of amides is 1. The van der Waals surface area contributed by atoms with E-state index in [2.05, 4.69) is 4.98 Å². The Morgan fingerprint density at radius 3 is 2.43 bits per heavy atom. The van der Waals surface area contributed by atoms with Crippen LogP contribution in [0.25, 0.3) is 0 Å². The number of anilines is 1. The zero-order valence-corrected chi connectivity index (χ0v) is 13.9. The highest BCUT2D eigenvalue weighted by Crippen LogP contribution is 2.26. The Bertz CT molecular complexity index is 668. The third-order valence-electron chi connectivity index (χ3n) is 3.87. The van der Waals surface area contributed by atoms with Crippen molar-refractivity contribution in [3.8, 4) is 12.1 Å². The zero-order valence-electron chi connectivity index (χ0n) is 13.1. The second-order valence-corrected chi connectivity index (χ2v) is 6.91. The summed E-state index contributed by atoms with van der Waals surface area (Å²) in [4.78, 5) is 17.4. The molecule has 0 aromatic carbocycles. The van der Waals surface area contributed by atoms with Gasteiger partial charge in [0.1, 0.15) is 23.3 Å². The molecule has 0 spiro atoms. The number of likely N-dealkylation sites (tertiary alicyclic amines) is 1. The first-order valence-electron chi connectivity index (χ1n) is 7.68. The van der Waals surface area contributed by atoms with Gasteiger partial charge in [0.2, 0.25) is 5.91 Å². The third-order valence-corrected chi connectivity index (χ3v) is 4.99. The lowest BCUT2D eigenvalue weighted by molar-refractivity contribution is -0.410. The summed E-state index contributed by atoms with van der Waals surface area (Å²) >= 11 is 1.28. The number of carbonyl (C=O) groups excluding carboxylic acids is 1. The number of nitrogens with zero attached hydrogens (tertiary/aromatic N) is 3. The van der Waals surface area contributed by atoms with E-state index < -0.39 is 0 Å². The Kier molecular flexibility index (Phi) is 5.84.